The van der Waals surface area contributed by atoms with E-state index in [2.05, 4.69) is 15.5 Å². The van der Waals surface area contributed by atoms with Gasteiger partial charge in [0.05, 0.1) is 6.04 Å². The second-order valence-electron chi connectivity index (χ2n) is 5.68. The number of nitrogens with one attached hydrogen (secondary N) is 1. The van der Waals surface area contributed by atoms with Gasteiger partial charge in [0.15, 0.2) is 5.82 Å². The van der Waals surface area contributed by atoms with Gasteiger partial charge in [-0.25, -0.2) is 0 Å². The first-order chi connectivity index (χ1) is 8.93. The number of hydrogen-bond donors (Lipinski definition) is 1. The monoisotopic (exact) mass is 249 g/mol. The second-order valence-corrected chi connectivity index (χ2v) is 5.68. The molecule has 0 amide bonds. The fourth-order valence-corrected chi connectivity index (χ4v) is 3.15. The van der Waals surface area contributed by atoms with Crippen molar-refractivity contribution in [3.05, 3.63) is 11.7 Å². The number of rotatable bonds is 2. The molecule has 3 rings (SSSR count). The van der Waals surface area contributed by atoms with E-state index < -0.39 is 0 Å². The molecule has 18 heavy (non-hydrogen) atoms. The second kappa shape index (κ2) is 5.83. The summed E-state index contributed by atoms with van der Waals surface area (Å²) in [6.07, 6.45) is 11.4. The molecule has 0 radical (unpaired) electrons. The molecule has 4 heteroatoms. The van der Waals surface area contributed by atoms with Crippen molar-refractivity contribution in [3.63, 3.8) is 0 Å². The molecule has 1 aromatic rings. The Balaban J connectivity index is 1.67. The van der Waals surface area contributed by atoms with Crippen molar-refractivity contribution in [3.8, 4) is 0 Å². The van der Waals surface area contributed by atoms with Crippen LogP contribution in [-0.2, 0) is 0 Å². The minimum Gasteiger partial charge on any atom is -0.339 e. The summed E-state index contributed by atoms with van der Waals surface area (Å²) in [6, 6.07) is 0.314. The van der Waals surface area contributed by atoms with Crippen LogP contribution in [0.3, 0.4) is 0 Å². The standard InChI is InChI=1S/C14H23N3O/c1-3-7-11(8-4-1)14-16-13(17-18-14)12-9-5-2-6-10-15-12/h11-12,15H,1-10H2. The van der Waals surface area contributed by atoms with Crippen LogP contribution in [0.4, 0.5) is 0 Å². The predicted octanol–water partition coefficient (Wildman–Crippen LogP) is 3.32. The quantitative estimate of drug-likeness (QED) is 0.873. The average Bonchev–Trinajstić information content (AvgIpc) is 2.76. The van der Waals surface area contributed by atoms with E-state index in [0.717, 1.165) is 24.7 Å². The molecule has 2 fully saturated rings. The Morgan fingerprint density at radius 3 is 2.61 bits per heavy atom. The van der Waals surface area contributed by atoms with E-state index in [1.807, 2.05) is 0 Å². The molecule has 1 saturated heterocycles. The molecule has 1 aliphatic carbocycles. The van der Waals surface area contributed by atoms with Crippen LogP contribution in [0, 0.1) is 0 Å². The summed E-state index contributed by atoms with van der Waals surface area (Å²) in [5, 5.41) is 7.74. The maximum absolute atomic E-state index is 5.50. The Kier molecular flexibility index (Phi) is 3.93. The molecular weight excluding hydrogens is 226 g/mol. The highest BCUT2D eigenvalue weighted by Crippen LogP contribution is 2.32. The molecule has 100 valence electrons. The van der Waals surface area contributed by atoms with Gasteiger partial charge in [0.25, 0.3) is 0 Å². The number of nitrogens with zero attached hydrogens (tertiary/aromatic N) is 2. The highest BCUT2D eigenvalue weighted by Gasteiger charge is 2.24. The van der Waals surface area contributed by atoms with Crippen molar-refractivity contribution in [1.82, 2.24) is 15.5 Å². The Hall–Kier alpha value is -0.900. The first-order valence-corrected chi connectivity index (χ1v) is 7.50. The van der Waals surface area contributed by atoms with Gasteiger partial charge in [-0.2, -0.15) is 4.98 Å². The van der Waals surface area contributed by atoms with Crippen LogP contribution in [0.5, 0.6) is 0 Å². The van der Waals surface area contributed by atoms with Crippen molar-refractivity contribution >= 4 is 0 Å². The SMILES string of the molecule is C1CCC(c2nc(C3CCCCCN3)no2)CC1. The molecule has 2 heterocycles. The summed E-state index contributed by atoms with van der Waals surface area (Å²) in [7, 11) is 0. The van der Waals surface area contributed by atoms with Crippen LogP contribution >= 0.6 is 0 Å². The van der Waals surface area contributed by atoms with Gasteiger partial charge in [0.1, 0.15) is 0 Å². The Morgan fingerprint density at radius 2 is 1.72 bits per heavy atom. The minimum absolute atomic E-state index is 0.314. The van der Waals surface area contributed by atoms with Gasteiger partial charge in [-0.1, -0.05) is 37.3 Å². The van der Waals surface area contributed by atoms with Crippen molar-refractivity contribution < 1.29 is 4.52 Å². The molecule has 1 N–H and O–H groups in total. The third-order valence-corrected chi connectivity index (χ3v) is 4.28. The zero-order valence-electron chi connectivity index (χ0n) is 11.0. The Labute approximate surface area is 109 Å². The van der Waals surface area contributed by atoms with Crippen molar-refractivity contribution in [2.24, 2.45) is 0 Å². The first-order valence-electron chi connectivity index (χ1n) is 7.50. The molecule has 0 spiro atoms. The van der Waals surface area contributed by atoms with Gasteiger partial charge >= 0.3 is 0 Å². The normalized spacial score (nSPS) is 27.0. The van der Waals surface area contributed by atoms with Gasteiger partial charge in [-0.05, 0) is 32.2 Å². The molecular formula is C14H23N3O. The lowest BCUT2D eigenvalue weighted by molar-refractivity contribution is 0.309. The van der Waals surface area contributed by atoms with E-state index in [-0.39, 0.29) is 0 Å². The van der Waals surface area contributed by atoms with Crippen LogP contribution in [0.2, 0.25) is 0 Å². The molecule has 1 aliphatic heterocycles. The van der Waals surface area contributed by atoms with Crippen molar-refractivity contribution in [1.29, 1.82) is 0 Å². The summed E-state index contributed by atoms with van der Waals surface area (Å²) in [6.45, 7) is 1.08. The molecule has 1 saturated carbocycles. The number of hydrogen-bond acceptors (Lipinski definition) is 4. The van der Waals surface area contributed by atoms with Gasteiger partial charge in [-0.15, -0.1) is 0 Å². The van der Waals surface area contributed by atoms with E-state index in [9.17, 15) is 0 Å². The van der Waals surface area contributed by atoms with E-state index in [4.69, 9.17) is 4.52 Å². The molecule has 0 bridgehead atoms. The molecule has 1 aromatic heterocycles. The maximum Gasteiger partial charge on any atom is 0.229 e. The summed E-state index contributed by atoms with van der Waals surface area (Å²) in [5.41, 5.74) is 0. The molecule has 1 unspecified atom stereocenters. The van der Waals surface area contributed by atoms with Gasteiger partial charge < -0.3 is 9.84 Å². The highest BCUT2D eigenvalue weighted by atomic mass is 16.5. The third-order valence-electron chi connectivity index (χ3n) is 4.28. The lowest BCUT2D eigenvalue weighted by Gasteiger charge is -2.17. The fraction of sp³-hybridized carbons (Fsp3) is 0.857. The summed E-state index contributed by atoms with van der Waals surface area (Å²) >= 11 is 0. The zero-order valence-corrected chi connectivity index (χ0v) is 11.0. The highest BCUT2D eigenvalue weighted by molar-refractivity contribution is 4.99. The lowest BCUT2D eigenvalue weighted by Crippen LogP contribution is -2.21. The minimum atomic E-state index is 0.314. The van der Waals surface area contributed by atoms with Crippen LogP contribution in [0.1, 0.15) is 81.5 Å². The Morgan fingerprint density at radius 1 is 0.944 bits per heavy atom. The van der Waals surface area contributed by atoms with Gasteiger partial charge in [0, 0.05) is 5.92 Å². The topological polar surface area (TPSA) is 51.0 Å². The van der Waals surface area contributed by atoms with Crippen LogP contribution < -0.4 is 5.32 Å². The number of aromatic nitrogens is 2. The summed E-state index contributed by atoms with van der Waals surface area (Å²) in [4.78, 5) is 4.66. The van der Waals surface area contributed by atoms with Crippen molar-refractivity contribution in [2.45, 2.75) is 69.7 Å². The van der Waals surface area contributed by atoms with Crippen LogP contribution in [0.15, 0.2) is 4.52 Å². The van der Waals surface area contributed by atoms with Crippen LogP contribution in [0.25, 0.3) is 0 Å². The molecule has 1 atom stereocenters. The van der Waals surface area contributed by atoms with E-state index in [1.165, 1.54) is 51.4 Å². The maximum atomic E-state index is 5.50. The van der Waals surface area contributed by atoms with Gasteiger partial charge in [0.2, 0.25) is 5.89 Å². The Bertz CT molecular complexity index is 363. The molecule has 0 aromatic carbocycles. The zero-order chi connectivity index (χ0) is 12.2. The lowest BCUT2D eigenvalue weighted by atomic mass is 9.89. The summed E-state index contributed by atoms with van der Waals surface area (Å²) < 4.78 is 5.50. The first kappa shape index (κ1) is 12.2. The largest absolute Gasteiger partial charge is 0.339 e. The van der Waals surface area contributed by atoms with E-state index in [1.54, 1.807) is 0 Å². The van der Waals surface area contributed by atoms with Crippen molar-refractivity contribution in [2.75, 3.05) is 6.54 Å². The smallest absolute Gasteiger partial charge is 0.229 e. The van der Waals surface area contributed by atoms with E-state index >= 15 is 0 Å². The molecule has 2 aliphatic rings. The fourth-order valence-electron chi connectivity index (χ4n) is 3.15. The van der Waals surface area contributed by atoms with Crippen LogP contribution in [-0.4, -0.2) is 16.7 Å². The molecule has 4 nitrogen and oxygen atoms in total. The average molecular weight is 249 g/mol. The predicted molar refractivity (Wildman–Crippen MR) is 69.3 cm³/mol. The third kappa shape index (κ3) is 2.74. The summed E-state index contributed by atoms with van der Waals surface area (Å²) in [5.74, 6) is 2.29. The van der Waals surface area contributed by atoms with Gasteiger partial charge in [-0.3, -0.25) is 0 Å². The van der Waals surface area contributed by atoms with E-state index in [0.29, 0.717) is 12.0 Å².